The summed E-state index contributed by atoms with van der Waals surface area (Å²) in [6.45, 7) is 6.58. The van der Waals surface area contributed by atoms with Crippen molar-refractivity contribution in [2.24, 2.45) is 0 Å². The van der Waals surface area contributed by atoms with Gasteiger partial charge in [-0.2, -0.15) is 0 Å². The first kappa shape index (κ1) is 67.4. The van der Waals surface area contributed by atoms with Crippen molar-refractivity contribution in [3.63, 3.8) is 0 Å². The van der Waals surface area contributed by atoms with Gasteiger partial charge in [-0.3, -0.25) is 14.4 Å². The minimum atomic E-state index is -0.779. The van der Waals surface area contributed by atoms with E-state index in [0.29, 0.717) is 19.3 Å². The van der Waals surface area contributed by atoms with E-state index >= 15 is 0 Å². The van der Waals surface area contributed by atoms with Gasteiger partial charge in [0.1, 0.15) is 13.2 Å². The zero-order valence-electron chi connectivity index (χ0n) is 46.8. The predicted molar refractivity (Wildman–Crippen MR) is 302 cm³/mol. The van der Waals surface area contributed by atoms with Crippen LogP contribution in [0.5, 0.6) is 0 Å². The summed E-state index contributed by atoms with van der Waals surface area (Å²) in [4.78, 5) is 38.2. The maximum Gasteiger partial charge on any atom is 0.306 e. The van der Waals surface area contributed by atoms with Crippen LogP contribution in [0.2, 0.25) is 0 Å². The Morgan fingerprint density at radius 1 is 0.286 bits per heavy atom. The number of hydrogen-bond acceptors (Lipinski definition) is 6. The van der Waals surface area contributed by atoms with Gasteiger partial charge in [0.15, 0.2) is 6.10 Å². The fraction of sp³-hybridized carbons (Fsp3) is 0.828. The highest BCUT2D eigenvalue weighted by atomic mass is 16.6. The van der Waals surface area contributed by atoms with E-state index < -0.39 is 6.10 Å². The van der Waals surface area contributed by atoms with Crippen LogP contribution < -0.4 is 0 Å². The summed E-state index contributed by atoms with van der Waals surface area (Å²) < 4.78 is 16.9. The highest BCUT2D eigenvalue weighted by Gasteiger charge is 2.19. The van der Waals surface area contributed by atoms with Crippen molar-refractivity contribution in [2.45, 2.75) is 329 Å². The fourth-order valence-electron chi connectivity index (χ4n) is 8.92. The number of esters is 3. The second-order valence-corrected chi connectivity index (χ2v) is 20.6. The number of unbranched alkanes of at least 4 members (excludes halogenated alkanes) is 37. The summed E-state index contributed by atoms with van der Waals surface area (Å²) in [7, 11) is 0. The Bertz CT molecular complexity index is 1220. The molecule has 0 amide bonds. The Labute approximate surface area is 435 Å². The van der Waals surface area contributed by atoms with Crippen molar-refractivity contribution in [1.29, 1.82) is 0 Å². The Kier molecular flexibility index (Phi) is 56.7. The number of carbonyl (C=O) groups excluding carboxylic acids is 3. The molecule has 0 spiro atoms. The zero-order chi connectivity index (χ0) is 50.7. The van der Waals surface area contributed by atoms with E-state index in [1.54, 1.807) is 0 Å². The standard InChI is InChI=1S/C64H116O6/c1-4-7-10-13-16-19-22-25-27-29-31-33-34-36-39-42-45-48-51-54-57-63(66)69-60-61(59-68-62(65)56-53-50-47-44-41-38-24-21-18-15-12-9-6-3)70-64(67)58-55-52-49-46-43-40-37-35-32-30-28-26-23-20-17-14-11-8-5-2/h12,15,17,20-21,24,26,28,61H,4-11,13-14,16,18-19,22-23,25,27,29-60H2,1-3H3/b15-12-,20-17-,24-21-,28-26-. The largest absolute Gasteiger partial charge is 0.462 e. The molecule has 0 rings (SSSR count). The molecule has 1 atom stereocenters. The summed E-state index contributed by atoms with van der Waals surface area (Å²) in [6.07, 6.45) is 72.5. The van der Waals surface area contributed by atoms with Gasteiger partial charge in [-0.1, -0.05) is 275 Å². The monoisotopic (exact) mass is 981 g/mol. The van der Waals surface area contributed by atoms with E-state index in [0.717, 1.165) is 89.9 Å². The Balaban J connectivity index is 4.32. The van der Waals surface area contributed by atoms with Gasteiger partial charge < -0.3 is 14.2 Å². The average Bonchev–Trinajstić information content (AvgIpc) is 3.36. The molecule has 6 nitrogen and oxygen atoms in total. The number of allylic oxidation sites excluding steroid dienone is 8. The molecule has 0 aromatic carbocycles. The first-order valence-corrected chi connectivity index (χ1v) is 30.6. The minimum absolute atomic E-state index is 0.0760. The molecule has 0 radical (unpaired) electrons. The van der Waals surface area contributed by atoms with Gasteiger partial charge in [-0.25, -0.2) is 0 Å². The molecule has 0 aliphatic heterocycles. The van der Waals surface area contributed by atoms with E-state index in [2.05, 4.69) is 69.4 Å². The van der Waals surface area contributed by atoms with Gasteiger partial charge >= 0.3 is 17.9 Å². The van der Waals surface area contributed by atoms with Crippen molar-refractivity contribution in [1.82, 2.24) is 0 Å². The van der Waals surface area contributed by atoms with Crippen LogP contribution in [0.4, 0.5) is 0 Å². The summed E-state index contributed by atoms with van der Waals surface area (Å²) >= 11 is 0. The lowest BCUT2D eigenvalue weighted by Gasteiger charge is -2.18. The van der Waals surface area contributed by atoms with E-state index in [1.165, 1.54) is 193 Å². The molecule has 0 saturated carbocycles. The highest BCUT2D eigenvalue weighted by molar-refractivity contribution is 5.71. The fourth-order valence-corrected chi connectivity index (χ4v) is 8.92. The van der Waals surface area contributed by atoms with Crippen molar-refractivity contribution in [3.05, 3.63) is 48.6 Å². The van der Waals surface area contributed by atoms with Crippen molar-refractivity contribution in [2.75, 3.05) is 13.2 Å². The first-order chi connectivity index (χ1) is 34.5. The number of rotatable bonds is 56. The molecule has 0 bridgehead atoms. The van der Waals surface area contributed by atoms with Crippen LogP contribution >= 0.6 is 0 Å². The predicted octanol–water partition coefficient (Wildman–Crippen LogP) is 20.6. The molecule has 0 saturated heterocycles. The average molecular weight is 982 g/mol. The normalized spacial score (nSPS) is 12.3. The lowest BCUT2D eigenvalue weighted by molar-refractivity contribution is -0.167. The van der Waals surface area contributed by atoms with Crippen LogP contribution in [-0.4, -0.2) is 37.2 Å². The van der Waals surface area contributed by atoms with Crippen LogP contribution in [0.25, 0.3) is 0 Å². The minimum Gasteiger partial charge on any atom is -0.462 e. The molecule has 0 N–H and O–H groups in total. The van der Waals surface area contributed by atoms with Gasteiger partial charge in [0, 0.05) is 19.3 Å². The number of carbonyl (C=O) groups is 3. The maximum atomic E-state index is 12.9. The molecule has 0 aliphatic carbocycles. The molecule has 1 unspecified atom stereocenters. The Morgan fingerprint density at radius 2 is 0.543 bits per heavy atom. The summed E-state index contributed by atoms with van der Waals surface area (Å²) in [5.74, 6) is -0.877. The molecule has 0 heterocycles. The Morgan fingerprint density at radius 3 is 0.871 bits per heavy atom. The number of hydrogen-bond donors (Lipinski definition) is 0. The topological polar surface area (TPSA) is 78.9 Å². The van der Waals surface area contributed by atoms with E-state index in [4.69, 9.17) is 14.2 Å². The molecule has 0 aromatic rings. The number of ether oxygens (including phenoxy) is 3. The molecule has 0 fully saturated rings. The van der Waals surface area contributed by atoms with Crippen molar-refractivity contribution < 1.29 is 28.6 Å². The van der Waals surface area contributed by atoms with Crippen LogP contribution in [0.3, 0.4) is 0 Å². The first-order valence-electron chi connectivity index (χ1n) is 30.6. The van der Waals surface area contributed by atoms with Gasteiger partial charge in [0.05, 0.1) is 0 Å². The van der Waals surface area contributed by atoms with Crippen LogP contribution in [-0.2, 0) is 28.6 Å². The van der Waals surface area contributed by atoms with Crippen LogP contribution in [0.1, 0.15) is 323 Å². The van der Waals surface area contributed by atoms with E-state index in [9.17, 15) is 14.4 Å². The van der Waals surface area contributed by atoms with E-state index in [1.807, 2.05) is 0 Å². The molecular formula is C64H116O6. The smallest absolute Gasteiger partial charge is 0.306 e. The third-order valence-corrected chi connectivity index (χ3v) is 13.5. The molecule has 0 aromatic heterocycles. The lowest BCUT2D eigenvalue weighted by Crippen LogP contribution is -2.30. The highest BCUT2D eigenvalue weighted by Crippen LogP contribution is 2.17. The molecule has 6 heteroatoms. The zero-order valence-corrected chi connectivity index (χ0v) is 46.8. The van der Waals surface area contributed by atoms with Crippen LogP contribution in [0, 0.1) is 0 Å². The SMILES string of the molecule is CCC/C=C\C/C=C\CCCCCCCC(=O)OCC(COC(=O)CCCCCCCCCCCCCCCCCCCCCC)OC(=O)CCCCCCCCCCC/C=C\C/C=C\CCCCC. The van der Waals surface area contributed by atoms with Gasteiger partial charge in [-0.15, -0.1) is 0 Å². The lowest BCUT2D eigenvalue weighted by atomic mass is 10.0. The van der Waals surface area contributed by atoms with Crippen molar-refractivity contribution in [3.8, 4) is 0 Å². The Hall–Kier alpha value is -2.63. The summed E-state index contributed by atoms with van der Waals surface area (Å²) in [5.41, 5.74) is 0. The molecular weight excluding hydrogens is 865 g/mol. The van der Waals surface area contributed by atoms with Gasteiger partial charge in [0.25, 0.3) is 0 Å². The van der Waals surface area contributed by atoms with Crippen molar-refractivity contribution >= 4 is 17.9 Å². The van der Waals surface area contributed by atoms with Crippen LogP contribution in [0.15, 0.2) is 48.6 Å². The molecule has 70 heavy (non-hydrogen) atoms. The molecule has 0 aliphatic rings. The quantitative estimate of drug-likeness (QED) is 0.0261. The summed E-state index contributed by atoms with van der Waals surface area (Å²) in [5, 5.41) is 0. The maximum absolute atomic E-state index is 12.9. The van der Waals surface area contributed by atoms with Gasteiger partial charge in [0.2, 0.25) is 0 Å². The third kappa shape index (κ3) is 56.3. The second kappa shape index (κ2) is 58.9. The third-order valence-electron chi connectivity index (χ3n) is 13.5. The summed E-state index contributed by atoms with van der Waals surface area (Å²) in [6, 6.07) is 0. The molecule has 408 valence electrons. The van der Waals surface area contributed by atoms with E-state index in [-0.39, 0.29) is 31.1 Å². The second-order valence-electron chi connectivity index (χ2n) is 20.6. The van der Waals surface area contributed by atoms with Gasteiger partial charge in [-0.05, 0) is 77.0 Å².